The molecule has 1 rings (SSSR count). The Morgan fingerprint density at radius 1 is 1.70 bits per heavy atom. The maximum Gasteiger partial charge on any atom is 0.217 e. The Bertz CT molecular complexity index is 217. The highest BCUT2D eigenvalue weighted by molar-refractivity contribution is 9.10. The van der Waals surface area contributed by atoms with Crippen molar-refractivity contribution in [3.63, 3.8) is 0 Å². The molecular formula is C6H7BrN2O. The van der Waals surface area contributed by atoms with Gasteiger partial charge in [0.05, 0.1) is 6.61 Å². The first-order valence-corrected chi connectivity index (χ1v) is 3.73. The van der Waals surface area contributed by atoms with Crippen molar-refractivity contribution in [1.29, 1.82) is 0 Å². The third-order valence-corrected chi connectivity index (χ3v) is 1.27. The van der Waals surface area contributed by atoms with Gasteiger partial charge in [-0.1, -0.05) is 0 Å². The maximum absolute atomic E-state index is 5.11. The fraction of sp³-hybridized carbons (Fsp3) is 0.333. The van der Waals surface area contributed by atoms with Crippen LogP contribution in [0, 0.1) is 0 Å². The van der Waals surface area contributed by atoms with Crippen molar-refractivity contribution in [2.45, 2.75) is 6.92 Å². The first-order valence-electron chi connectivity index (χ1n) is 2.94. The van der Waals surface area contributed by atoms with E-state index in [2.05, 4.69) is 25.9 Å². The molecule has 0 saturated carbocycles. The van der Waals surface area contributed by atoms with Crippen molar-refractivity contribution in [3.05, 3.63) is 17.0 Å². The highest BCUT2D eigenvalue weighted by Crippen LogP contribution is 2.08. The predicted octanol–water partition coefficient (Wildman–Crippen LogP) is 1.64. The van der Waals surface area contributed by atoms with Gasteiger partial charge < -0.3 is 4.74 Å². The SMILES string of the molecule is CCOc1ccnc(Br)n1. The minimum absolute atomic E-state index is 0.554. The minimum Gasteiger partial charge on any atom is -0.478 e. The molecule has 0 radical (unpaired) electrons. The molecule has 0 N–H and O–H groups in total. The van der Waals surface area contributed by atoms with Crippen LogP contribution < -0.4 is 4.74 Å². The van der Waals surface area contributed by atoms with E-state index in [0.29, 0.717) is 17.2 Å². The van der Waals surface area contributed by atoms with Crippen LogP contribution in [0.5, 0.6) is 5.88 Å². The third-order valence-electron chi connectivity index (χ3n) is 0.893. The van der Waals surface area contributed by atoms with Crippen LogP contribution in [-0.2, 0) is 0 Å². The van der Waals surface area contributed by atoms with Crippen LogP contribution in [0.4, 0.5) is 0 Å². The summed E-state index contributed by atoms with van der Waals surface area (Å²) in [5.74, 6) is 0.601. The number of rotatable bonds is 2. The predicted molar refractivity (Wildman–Crippen MR) is 40.9 cm³/mol. The first kappa shape index (κ1) is 7.47. The smallest absolute Gasteiger partial charge is 0.217 e. The molecule has 54 valence electrons. The Hall–Kier alpha value is -0.640. The van der Waals surface area contributed by atoms with E-state index in [1.807, 2.05) is 6.92 Å². The molecule has 0 saturated heterocycles. The Balaban J connectivity index is 2.75. The van der Waals surface area contributed by atoms with E-state index in [4.69, 9.17) is 4.74 Å². The van der Waals surface area contributed by atoms with Gasteiger partial charge in [0.25, 0.3) is 0 Å². The minimum atomic E-state index is 0.554. The van der Waals surface area contributed by atoms with E-state index in [9.17, 15) is 0 Å². The van der Waals surface area contributed by atoms with Crippen LogP contribution in [0.25, 0.3) is 0 Å². The van der Waals surface area contributed by atoms with E-state index in [1.165, 1.54) is 0 Å². The summed E-state index contributed by atoms with van der Waals surface area (Å²) in [6.45, 7) is 2.54. The fourth-order valence-corrected chi connectivity index (χ4v) is 0.841. The van der Waals surface area contributed by atoms with E-state index < -0.39 is 0 Å². The Kier molecular flexibility index (Phi) is 2.62. The first-order chi connectivity index (χ1) is 4.83. The molecule has 1 heterocycles. The molecule has 4 heteroatoms. The van der Waals surface area contributed by atoms with Crippen molar-refractivity contribution in [2.75, 3.05) is 6.61 Å². The van der Waals surface area contributed by atoms with Gasteiger partial charge in [-0.25, -0.2) is 4.98 Å². The van der Waals surface area contributed by atoms with Crippen molar-refractivity contribution in [2.24, 2.45) is 0 Å². The molecule has 0 bridgehead atoms. The zero-order chi connectivity index (χ0) is 7.40. The molecular weight excluding hydrogens is 196 g/mol. The average molecular weight is 203 g/mol. The van der Waals surface area contributed by atoms with Gasteiger partial charge in [-0.2, -0.15) is 4.98 Å². The Labute approximate surface area is 67.6 Å². The molecule has 10 heavy (non-hydrogen) atoms. The van der Waals surface area contributed by atoms with E-state index in [1.54, 1.807) is 12.3 Å². The van der Waals surface area contributed by atoms with Crippen molar-refractivity contribution in [3.8, 4) is 5.88 Å². The second-order valence-corrected chi connectivity index (χ2v) is 2.31. The Morgan fingerprint density at radius 2 is 2.50 bits per heavy atom. The number of halogens is 1. The number of hydrogen-bond acceptors (Lipinski definition) is 3. The Morgan fingerprint density at radius 3 is 3.10 bits per heavy atom. The van der Waals surface area contributed by atoms with Gasteiger partial charge in [-0.05, 0) is 22.9 Å². The van der Waals surface area contributed by atoms with E-state index in [0.717, 1.165) is 0 Å². The summed E-state index contributed by atoms with van der Waals surface area (Å²) in [4.78, 5) is 7.79. The summed E-state index contributed by atoms with van der Waals surface area (Å²) >= 11 is 3.13. The summed E-state index contributed by atoms with van der Waals surface area (Å²) in [5.41, 5.74) is 0. The zero-order valence-electron chi connectivity index (χ0n) is 5.54. The third kappa shape index (κ3) is 1.95. The molecule has 0 spiro atoms. The molecule has 1 aromatic heterocycles. The van der Waals surface area contributed by atoms with Crippen LogP contribution in [0.2, 0.25) is 0 Å². The summed E-state index contributed by atoms with van der Waals surface area (Å²) in [6.07, 6.45) is 1.64. The summed E-state index contributed by atoms with van der Waals surface area (Å²) in [5, 5.41) is 0. The van der Waals surface area contributed by atoms with E-state index >= 15 is 0 Å². The fourth-order valence-electron chi connectivity index (χ4n) is 0.548. The molecule has 0 aliphatic carbocycles. The van der Waals surface area contributed by atoms with Gasteiger partial charge in [0, 0.05) is 12.3 Å². The van der Waals surface area contributed by atoms with Crippen molar-refractivity contribution in [1.82, 2.24) is 9.97 Å². The molecule has 0 aliphatic rings. The topological polar surface area (TPSA) is 35.0 Å². The zero-order valence-corrected chi connectivity index (χ0v) is 7.13. The second-order valence-electron chi connectivity index (χ2n) is 1.60. The number of hydrogen-bond donors (Lipinski definition) is 0. The molecule has 0 amide bonds. The lowest BCUT2D eigenvalue weighted by Crippen LogP contribution is -1.94. The molecule has 0 fully saturated rings. The summed E-state index contributed by atoms with van der Waals surface area (Å²) in [6, 6.07) is 1.72. The molecule has 0 aliphatic heterocycles. The number of ether oxygens (including phenoxy) is 1. The maximum atomic E-state index is 5.11. The number of aromatic nitrogens is 2. The van der Waals surface area contributed by atoms with Crippen LogP contribution >= 0.6 is 15.9 Å². The van der Waals surface area contributed by atoms with Crippen molar-refractivity contribution < 1.29 is 4.74 Å². The molecule has 0 atom stereocenters. The van der Waals surface area contributed by atoms with Crippen LogP contribution in [0.1, 0.15) is 6.92 Å². The average Bonchev–Trinajstić information content (AvgIpc) is 1.88. The molecule has 0 aromatic carbocycles. The van der Waals surface area contributed by atoms with Crippen LogP contribution in [0.3, 0.4) is 0 Å². The lowest BCUT2D eigenvalue weighted by molar-refractivity contribution is 0.325. The van der Waals surface area contributed by atoms with Crippen LogP contribution in [0.15, 0.2) is 17.0 Å². The molecule has 1 aromatic rings. The van der Waals surface area contributed by atoms with Gasteiger partial charge in [0.15, 0.2) is 4.73 Å². The highest BCUT2D eigenvalue weighted by atomic mass is 79.9. The summed E-state index contributed by atoms with van der Waals surface area (Å²) < 4.78 is 5.66. The monoisotopic (exact) mass is 202 g/mol. The van der Waals surface area contributed by atoms with Gasteiger partial charge in [-0.3, -0.25) is 0 Å². The van der Waals surface area contributed by atoms with Crippen molar-refractivity contribution >= 4 is 15.9 Å². The van der Waals surface area contributed by atoms with Gasteiger partial charge >= 0.3 is 0 Å². The largest absolute Gasteiger partial charge is 0.478 e. The highest BCUT2D eigenvalue weighted by Gasteiger charge is 1.93. The van der Waals surface area contributed by atoms with Crippen LogP contribution in [-0.4, -0.2) is 16.6 Å². The van der Waals surface area contributed by atoms with E-state index in [-0.39, 0.29) is 0 Å². The summed E-state index contributed by atoms with van der Waals surface area (Å²) in [7, 11) is 0. The lowest BCUT2D eigenvalue weighted by Gasteiger charge is -1.99. The lowest BCUT2D eigenvalue weighted by atomic mass is 10.6. The molecule has 0 unspecified atom stereocenters. The van der Waals surface area contributed by atoms with Gasteiger partial charge in [0.2, 0.25) is 5.88 Å². The quantitative estimate of drug-likeness (QED) is 0.685. The van der Waals surface area contributed by atoms with Gasteiger partial charge in [0.1, 0.15) is 0 Å². The second kappa shape index (κ2) is 3.51. The number of nitrogens with zero attached hydrogens (tertiary/aromatic N) is 2. The normalized spacial score (nSPS) is 9.40. The van der Waals surface area contributed by atoms with Gasteiger partial charge in [-0.15, -0.1) is 0 Å². The standard InChI is InChI=1S/C6H7BrN2O/c1-2-10-5-3-4-8-6(7)9-5/h3-4H,2H2,1H3. The molecule has 3 nitrogen and oxygen atoms in total.